The summed E-state index contributed by atoms with van der Waals surface area (Å²) in [5, 5.41) is 1.53. The van der Waals surface area contributed by atoms with Gasteiger partial charge in [0.15, 0.2) is 0 Å². The molecule has 118 valence electrons. The van der Waals surface area contributed by atoms with Gasteiger partial charge in [-0.05, 0) is 29.2 Å². The second kappa shape index (κ2) is 7.23. The molecule has 0 amide bonds. The molecule has 0 N–H and O–H groups in total. The molecule has 0 bridgehead atoms. The first-order chi connectivity index (χ1) is 10.5. The van der Waals surface area contributed by atoms with Gasteiger partial charge in [0, 0.05) is 11.8 Å². The van der Waals surface area contributed by atoms with Gasteiger partial charge in [-0.1, -0.05) is 76.7 Å². The van der Waals surface area contributed by atoms with Crippen LogP contribution in [-0.2, 0) is 6.42 Å². The molecule has 0 saturated carbocycles. The van der Waals surface area contributed by atoms with E-state index in [1.54, 1.807) is 0 Å². The monoisotopic (exact) mass is 311 g/mol. The topological polar surface area (TPSA) is 12.9 Å². The highest BCUT2D eigenvalue weighted by atomic mass is 28.3. The summed E-state index contributed by atoms with van der Waals surface area (Å²) in [6.45, 7) is 11.9. The summed E-state index contributed by atoms with van der Waals surface area (Å²) >= 11 is 0. The fraction of sp³-hybridized carbons (Fsp3) is 0.450. The van der Waals surface area contributed by atoms with Crippen molar-refractivity contribution in [3.8, 4) is 11.3 Å². The van der Waals surface area contributed by atoms with Crippen LogP contribution < -0.4 is 5.19 Å². The van der Waals surface area contributed by atoms with E-state index in [1.807, 2.05) is 0 Å². The van der Waals surface area contributed by atoms with Gasteiger partial charge in [0.25, 0.3) is 0 Å². The lowest BCUT2D eigenvalue weighted by Gasteiger charge is -2.23. The lowest BCUT2D eigenvalue weighted by atomic mass is 9.94. The minimum Gasteiger partial charge on any atom is -0.256 e. The molecule has 0 aliphatic heterocycles. The van der Waals surface area contributed by atoms with Crippen molar-refractivity contribution in [2.45, 2.75) is 52.8 Å². The predicted octanol–water partition coefficient (Wildman–Crippen LogP) is 5.27. The van der Waals surface area contributed by atoms with Crippen molar-refractivity contribution in [1.29, 1.82) is 0 Å². The molecule has 1 aromatic carbocycles. The maximum atomic E-state index is 4.77. The Hall–Kier alpha value is -1.41. The Morgan fingerprint density at radius 2 is 1.64 bits per heavy atom. The molecule has 0 radical (unpaired) electrons. The maximum Gasteiger partial charge on any atom is 0.0799 e. The largest absolute Gasteiger partial charge is 0.256 e. The van der Waals surface area contributed by atoms with Crippen LogP contribution in [0.3, 0.4) is 0 Å². The number of rotatable bonds is 6. The minimum absolute atomic E-state index is 0.779. The Balaban J connectivity index is 2.45. The lowest BCUT2D eigenvalue weighted by Crippen LogP contribution is -2.41. The van der Waals surface area contributed by atoms with Crippen LogP contribution in [0.2, 0.25) is 19.6 Å². The van der Waals surface area contributed by atoms with E-state index in [-0.39, 0.29) is 0 Å². The molecule has 1 nitrogen and oxygen atoms in total. The predicted molar refractivity (Wildman–Crippen MR) is 100 cm³/mol. The summed E-state index contributed by atoms with van der Waals surface area (Å²) in [5.41, 5.74) is 3.86. The molecule has 0 unspecified atom stereocenters. The van der Waals surface area contributed by atoms with Crippen molar-refractivity contribution in [3.05, 3.63) is 48.2 Å². The Labute approximate surface area is 136 Å². The standard InChI is InChI=1S/C20H29NSi/c1-6-16(7-2)13-18-14-19(17-11-9-8-10-12-17)21-15-20(18)22(3,4)5/h8-12,14-16H,6-7,13H2,1-5H3. The SMILES string of the molecule is CCC(CC)Cc1cc(-c2ccccc2)ncc1[Si](C)(C)C. The smallest absolute Gasteiger partial charge is 0.0799 e. The van der Waals surface area contributed by atoms with E-state index in [4.69, 9.17) is 4.98 Å². The molecule has 2 heteroatoms. The highest BCUT2D eigenvalue weighted by Crippen LogP contribution is 2.22. The van der Waals surface area contributed by atoms with Gasteiger partial charge in [-0.2, -0.15) is 0 Å². The number of nitrogens with zero attached hydrogens (tertiary/aromatic N) is 1. The van der Waals surface area contributed by atoms with Crippen LogP contribution in [0, 0.1) is 5.92 Å². The molecular weight excluding hydrogens is 282 g/mol. The number of benzene rings is 1. The summed E-state index contributed by atoms with van der Waals surface area (Å²) in [7, 11) is -1.36. The van der Waals surface area contributed by atoms with Gasteiger partial charge in [-0.15, -0.1) is 0 Å². The van der Waals surface area contributed by atoms with Crippen LogP contribution in [0.25, 0.3) is 11.3 Å². The van der Waals surface area contributed by atoms with Gasteiger partial charge in [0.1, 0.15) is 0 Å². The quantitative estimate of drug-likeness (QED) is 0.662. The Bertz CT molecular complexity index is 595. The molecule has 0 spiro atoms. The van der Waals surface area contributed by atoms with Gasteiger partial charge in [0.2, 0.25) is 0 Å². The summed E-state index contributed by atoms with van der Waals surface area (Å²) in [5.74, 6) is 0.779. The van der Waals surface area contributed by atoms with Crippen LogP contribution in [0.5, 0.6) is 0 Å². The highest BCUT2D eigenvalue weighted by molar-refractivity contribution is 6.89. The van der Waals surface area contributed by atoms with Gasteiger partial charge in [-0.25, -0.2) is 0 Å². The summed E-state index contributed by atoms with van der Waals surface area (Å²) in [6.07, 6.45) is 5.86. The molecule has 0 fully saturated rings. The molecule has 0 aliphatic carbocycles. The molecule has 2 aromatic rings. The average Bonchev–Trinajstić information content (AvgIpc) is 2.52. The van der Waals surface area contributed by atoms with Gasteiger partial charge < -0.3 is 0 Å². The van der Waals surface area contributed by atoms with Crippen LogP contribution in [0.15, 0.2) is 42.6 Å². The van der Waals surface area contributed by atoms with E-state index in [1.165, 1.54) is 35.6 Å². The van der Waals surface area contributed by atoms with E-state index in [0.717, 1.165) is 11.6 Å². The van der Waals surface area contributed by atoms with Crippen LogP contribution in [0.1, 0.15) is 32.3 Å². The van der Waals surface area contributed by atoms with Crippen LogP contribution in [-0.4, -0.2) is 13.1 Å². The first-order valence-corrected chi connectivity index (χ1v) is 12.0. The highest BCUT2D eigenvalue weighted by Gasteiger charge is 2.22. The molecule has 1 heterocycles. The van der Waals surface area contributed by atoms with Crippen molar-refractivity contribution in [3.63, 3.8) is 0 Å². The van der Waals surface area contributed by atoms with E-state index in [9.17, 15) is 0 Å². The molecule has 2 rings (SSSR count). The summed E-state index contributed by atoms with van der Waals surface area (Å²) < 4.78 is 0. The molecule has 1 aromatic heterocycles. The normalized spacial score (nSPS) is 11.9. The van der Waals surface area contributed by atoms with Crippen molar-refractivity contribution >= 4 is 13.3 Å². The molecule has 0 saturated heterocycles. The average molecular weight is 312 g/mol. The summed E-state index contributed by atoms with van der Waals surface area (Å²) in [6, 6.07) is 12.9. The van der Waals surface area contributed by atoms with Crippen molar-refractivity contribution in [2.75, 3.05) is 0 Å². The zero-order chi connectivity index (χ0) is 16.2. The Kier molecular flexibility index (Phi) is 5.57. The van der Waals surface area contributed by atoms with E-state index in [2.05, 4.69) is 76.1 Å². The van der Waals surface area contributed by atoms with Gasteiger partial charge in [-0.3, -0.25) is 4.98 Å². The Morgan fingerprint density at radius 1 is 1.00 bits per heavy atom. The Morgan fingerprint density at radius 3 is 2.18 bits per heavy atom. The molecule has 22 heavy (non-hydrogen) atoms. The minimum atomic E-state index is -1.36. The first kappa shape index (κ1) is 16.9. The number of hydrogen-bond donors (Lipinski definition) is 0. The third-order valence-corrected chi connectivity index (χ3v) is 6.60. The second-order valence-electron chi connectivity index (χ2n) is 7.23. The zero-order valence-electron chi connectivity index (χ0n) is 14.7. The van der Waals surface area contributed by atoms with Gasteiger partial charge >= 0.3 is 0 Å². The fourth-order valence-corrected chi connectivity index (χ4v) is 4.59. The first-order valence-electron chi connectivity index (χ1n) is 8.50. The molecule has 0 atom stereocenters. The van der Waals surface area contributed by atoms with Crippen LogP contribution >= 0.6 is 0 Å². The maximum absolute atomic E-state index is 4.77. The fourth-order valence-electron chi connectivity index (χ4n) is 3.00. The van der Waals surface area contributed by atoms with Crippen molar-refractivity contribution in [1.82, 2.24) is 4.98 Å². The number of pyridine rings is 1. The number of aromatic nitrogens is 1. The number of hydrogen-bond acceptors (Lipinski definition) is 1. The van der Waals surface area contributed by atoms with Crippen LogP contribution in [0.4, 0.5) is 0 Å². The zero-order valence-corrected chi connectivity index (χ0v) is 15.7. The second-order valence-corrected chi connectivity index (χ2v) is 12.3. The molecule has 0 aliphatic rings. The van der Waals surface area contributed by atoms with Crippen molar-refractivity contribution < 1.29 is 0 Å². The third-order valence-electron chi connectivity index (χ3n) is 4.53. The van der Waals surface area contributed by atoms with E-state index < -0.39 is 8.07 Å². The van der Waals surface area contributed by atoms with E-state index in [0.29, 0.717) is 0 Å². The molecular formula is C20H29NSi. The third kappa shape index (κ3) is 4.07. The van der Waals surface area contributed by atoms with Crippen molar-refractivity contribution in [2.24, 2.45) is 5.92 Å². The summed E-state index contributed by atoms with van der Waals surface area (Å²) in [4.78, 5) is 4.77. The van der Waals surface area contributed by atoms with E-state index >= 15 is 0 Å². The lowest BCUT2D eigenvalue weighted by molar-refractivity contribution is 0.491. The van der Waals surface area contributed by atoms with Gasteiger partial charge in [0.05, 0.1) is 13.8 Å².